The first-order chi connectivity index (χ1) is 10.6. The van der Waals surface area contributed by atoms with Gasteiger partial charge in [0.15, 0.2) is 0 Å². The van der Waals surface area contributed by atoms with Crippen LogP contribution in [0.1, 0.15) is 29.6 Å². The number of benzene rings is 1. The minimum atomic E-state index is -0.474. The fourth-order valence-corrected chi connectivity index (χ4v) is 4.56. The molecule has 0 aliphatic heterocycles. The zero-order valence-corrected chi connectivity index (χ0v) is 12.1. The van der Waals surface area contributed by atoms with E-state index in [1.807, 2.05) is 0 Å². The molecule has 1 aromatic carbocycles. The van der Waals surface area contributed by atoms with Crippen LogP contribution in [-0.4, -0.2) is 17.0 Å². The molecule has 0 heterocycles. The van der Waals surface area contributed by atoms with Crippen LogP contribution in [0, 0.1) is 33.8 Å². The number of rotatable bonds is 3. The molecular formula is C17H17NO4. The third kappa shape index (κ3) is 2.03. The van der Waals surface area contributed by atoms with Crippen LogP contribution in [0.4, 0.5) is 5.69 Å². The smallest absolute Gasteiger partial charge is 0.338 e. The Morgan fingerprint density at radius 2 is 1.95 bits per heavy atom. The van der Waals surface area contributed by atoms with Gasteiger partial charge in [-0.15, -0.1) is 0 Å². The second-order valence-corrected chi connectivity index (χ2v) is 6.55. The van der Waals surface area contributed by atoms with E-state index < -0.39 is 4.92 Å². The molecule has 5 heteroatoms. The minimum absolute atomic E-state index is 0.00819. The van der Waals surface area contributed by atoms with E-state index >= 15 is 0 Å². The Hall–Kier alpha value is -2.17. The molecule has 0 N–H and O–H groups in total. The highest BCUT2D eigenvalue weighted by Gasteiger charge is 2.53. The molecule has 5 atom stereocenters. The molecule has 0 saturated heterocycles. The van der Waals surface area contributed by atoms with Crippen LogP contribution in [-0.2, 0) is 4.74 Å². The van der Waals surface area contributed by atoms with Crippen molar-refractivity contribution in [2.45, 2.75) is 25.4 Å². The lowest BCUT2D eigenvalue weighted by Gasteiger charge is -2.31. The van der Waals surface area contributed by atoms with Crippen molar-refractivity contribution in [3.63, 3.8) is 0 Å². The van der Waals surface area contributed by atoms with Gasteiger partial charge < -0.3 is 4.74 Å². The molecule has 1 aromatic rings. The van der Waals surface area contributed by atoms with Crippen LogP contribution in [0.25, 0.3) is 0 Å². The van der Waals surface area contributed by atoms with Crippen molar-refractivity contribution >= 4 is 11.7 Å². The summed E-state index contributed by atoms with van der Waals surface area (Å²) in [4.78, 5) is 22.4. The van der Waals surface area contributed by atoms with Gasteiger partial charge in [0.05, 0.1) is 10.5 Å². The third-order valence-corrected chi connectivity index (χ3v) is 5.51. The largest absolute Gasteiger partial charge is 0.458 e. The summed E-state index contributed by atoms with van der Waals surface area (Å²) in [6.07, 6.45) is 7.83. The molecule has 0 unspecified atom stereocenters. The van der Waals surface area contributed by atoms with E-state index in [0.29, 0.717) is 29.2 Å². The molecule has 114 valence electrons. The summed E-state index contributed by atoms with van der Waals surface area (Å²) in [6, 6.07) is 5.61. The van der Waals surface area contributed by atoms with Crippen molar-refractivity contribution in [1.29, 1.82) is 0 Å². The Morgan fingerprint density at radius 1 is 1.18 bits per heavy atom. The fourth-order valence-electron chi connectivity index (χ4n) is 4.56. The highest BCUT2D eigenvalue weighted by atomic mass is 16.6. The van der Waals surface area contributed by atoms with Crippen molar-refractivity contribution in [1.82, 2.24) is 0 Å². The highest BCUT2D eigenvalue weighted by molar-refractivity contribution is 5.89. The SMILES string of the molecule is O=C(O[C@H]1C[C@@H]2C[C@@H]1[C@H]1CC=C[C@H]21)c1ccc([N+](=O)[O-])cc1. The highest BCUT2D eigenvalue weighted by Crippen LogP contribution is 2.57. The van der Waals surface area contributed by atoms with E-state index in [4.69, 9.17) is 4.74 Å². The lowest BCUT2D eigenvalue weighted by atomic mass is 9.80. The van der Waals surface area contributed by atoms with E-state index in [9.17, 15) is 14.9 Å². The van der Waals surface area contributed by atoms with Crippen LogP contribution in [0.2, 0.25) is 0 Å². The Balaban J connectivity index is 1.44. The molecule has 5 nitrogen and oxygen atoms in total. The van der Waals surface area contributed by atoms with Gasteiger partial charge >= 0.3 is 5.97 Å². The fraction of sp³-hybridized carbons (Fsp3) is 0.471. The number of nitrogens with zero attached hydrogens (tertiary/aromatic N) is 1. The Kier molecular flexibility index (Phi) is 3.03. The molecule has 22 heavy (non-hydrogen) atoms. The van der Waals surface area contributed by atoms with Gasteiger partial charge in [0.1, 0.15) is 6.10 Å². The first-order valence-electron chi connectivity index (χ1n) is 7.75. The monoisotopic (exact) mass is 299 g/mol. The molecule has 0 radical (unpaired) electrons. The molecule has 0 aromatic heterocycles. The van der Waals surface area contributed by atoms with Crippen molar-refractivity contribution in [2.75, 3.05) is 0 Å². The number of hydrogen-bond donors (Lipinski definition) is 0. The van der Waals surface area contributed by atoms with Gasteiger partial charge in [0.25, 0.3) is 5.69 Å². The molecule has 2 fully saturated rings. The number of fused-ring (bicyclic) bond motifs is 5. The normalized spacial score (nSPS) is 34.6. The number of carbonyl (C=O) groups excluding carboxylic acids is 1. The average Bonchev–Trinajstić information content (AvgIpc) is 3.19. The molecule has 4 rings (SSSR count). The standard InChI is InChI=1S/C17H17NO4/c19-17(10-4-6-12(7-5-10)18(20)21)22-16-9-11-8-15(16)14-3-1-2-13(11)14/h1-2,4-7,11,13-16H,3,8-9H2/t11-,13+,14-,15+,16-/m0/s1. The van der Waals surface area contributed by atoms with Crippen molar-refractivity contribution in [2.24, 2.45) is 23.7 Å². The molecule has 0 spiro atoms. The summed E-state index contributed by atoms with van der Waals surface area (Å²) in [5.74, 6) is 2.11. The summed E-state index contributed by atoms with van der Waals surface area (Å²) in [5.41, 5.74) is 0.366. The van der Waals surface area contributed by atoms with Crippen LogP contribution in [0.5, 0.6) is 0 Å². The predicted molar refractivity (Wildman–Crippen MR) is 79.3 cm³/mol. The molecule has 2 bridgehead atoms. The Bertz CT molecular complexity index is 651. The second kappa shape index (κ2) is 4.93. The molecule has 3 aliphatic rings. The van der Waals surface area contributed by atoms with Gasteiger partial charge in [-0.1, -0.05) is 12.2 Å². The predicted octanol–water partition coefficient (Wildman–Crippen LogP) is 3.35. The summed E-state index contributed by atoms with van der Waals surface area (Å²) in [6.45, 7) is 0. The van der Waals surface area contributed by atoms with Gasteiger partial charge in [-0.2, -0.15) is 0 Å². The number of nitro groups is 1. The Labute approximate surface area is 128 Å². The maximum atomic E-state index is 12.2. The number of carbonyl (C=O) groups is 1. The zero-order chi connectivity index (χ0) is 15.3. The first-order valence-corrected chi connectivity index (χ1v) is 7.75. The molecular weight excluding hydrogens is 282 g/mol. The lowest BCUT2D eigenvalue weighted by Crippen LogP contribution is -2.32. The van der Waals surface area contributed by atoms with E-state index in [2.05, 4.69) is 12.2 Å². The van der Waals surface area contributed by atoms with E-state index in [1.165, 1.54) is 24.3 Å². The van der Waals surface area contributed by atoms with Crippen molar-refractivity contribution in [3.8, 4) is 0 Å². The van der Waals surface area contributed by atoms with Gasteiger partial charge in [-0.3, -0.25) is 10.1 Å². The van der Waals surface area contributed by atoms with Crippen LogP contribution in [0.15, 0.2) is 36.4 Å². The van der Waals surface area contributed by atoms with Crippen LogP contribution in [0.3, 0.4) is 0 Å². The maximum absolute atomic E-state index is 12.2. The number of nitro benzene ring substituents is 1. The van der Waals surface area contributed by atoms with E-state index in [1.54, 1.807) is 0 Å². The van der Waals surface area contributed by atoms with Gasteiger partial charge in [0, 0.05) is 12.1 Å². The topological polar surface area (TPSA) is 69.4 Å². The summed E-state index contributed by atoms with van der Waals surface area (Å²) < 4.78 is 5.70. The first kappa shape index (κ1) is 13.5. The van der Waals surface area contributed by atoms with Gasteiger partial charge in [-0.25, -0.2) is 4.79 Å². The molecule has 3 aliphatic carbocycles. The quantitative estimate of drug-likeness (QED) is 0.371. The lowest BCUT2D eigenvalue weighted by molar-refractivity contribution is -0.384. The summed E-state index contributed by atoms with van der Waals surface area (Å²) in [5, 5.41) is 10.6. The van der Waals surface area contributed by atoms with E-state index in [0.717, 1.165) is 19.3 Å². The molecule has 0 amide bonds. The number of esters is 1. The number of hydrogen-bond acceptors (Lipinski definition) is 4. The number of allylic oxidation sites excluding steroid dienone is 2. The summed E-state index contributed by atoms with van der Waals surface area (Å²) in [7, 11) is 0. The van der Waals surface area contributed by atoms with Gasteiger partial charge in [-0.05, 0) is 55.1 Å². The van der Waals surface area contributed by atoms with E-state index in [-0.39, 0.29) is 17.8 Å². The van der Waals surface area contributed by atoms with Crippen LogP contribution < -0.4 is 0 Å². The maximum Gasteiger partial charge on any atom is 0.338 e. The number of non-ortho nitro benzene ring substituents is 1. The van der Waals surface area contributed by atoms with Crippen molar-refractivity contribution < 1.29 is 14.5 Å². The second-order valence-electron chi connectivity index (χ2n) is 6.55. The van der Waals surface area contributed by atoms with Gasteiger partial charge in [0.2, 0.25) is 0 Å². The average molecular weight is 299 g/mol. The molecule has 2 saturated carbocycles. The number of ether oxygens (including phenoxy) is 1. The van der Waals surface area contributed by atoms with Crippen molar-refractivity contribution in [3.05, 3.63) is 52.1 Å². The summed E-state index contributed by atoms with van der Waals surface area (Å²) >= 11 is 0. The Morgan fingerprint density at radius 3 is 2.68 bits per heavy atom. The van der Waals surface area contributed by atoms with Crippen LogP contribution >= 0.6 is 0 Å². The zero-order valence-electron chi connectivity index (χ0n) is 12.1. The minimum Gasteiger partial charge on any atom is -0.458 e. The third-order valence-electron chi connectivity index (χ3n) is 5.51.